The minimum absolute atomic E-state index is 0.0406. The Morgan fingerprint density at radius 3 is 2.49 bits per heavy atom. The van der Waals surface area contributed by atoms with Gasteiger partial charge in [-0.15, -0.1) is 0 Å². The Morgan fingerprint density at radius 1 is 1.20 bits per heavy atom. The number of esters is 1. The third-order valence-electron chi connectivity index (χ3n) is 6.75. The summed E-state index contributed by atoms with van der Waals surface area (Å²) in [7, 11) is 0. The zero-order chi connectivity index (χ0) is 25.8. The fraction of sp³-hybridized carbons (Fsp3) is 0.690. The maximum atomic E-state index is 13.3. The molecule has 0 N–H and O–H groups in total. The number of ketones is 1. The predicted octanol–water partition coefficient (Wildman–Crippen LogP) is 6.70. The molecule has 0 radical (unpaired) electrons. The number of ether oxygens (including phenoxy) is 2. The van der Waals surface area contributed by atoms with E-state index in [0.29, 0.717) is 23.9 Å². The van der Waals surface area contributed by atoms with Gasteiger partial charge in [-0.3, -0.25) is 9.59 Å². The lowest BCUT2D eigenvalue weighted by molar-refractivity contribution is -0.160. The highest BCUT2D eigenvalue weighted by molar-refractivity contribution is 6.00. The molecule has 1 aliphatic heterocycles. The van der Waals surface area contributed by atoms with Crippen molar-refractivity contribution >= 4 is 22.8 Å². The molecule has 3 rings (SSSR count). The quantitative estimate of drug-likeness (QED) is 0.262. The van der Waals surface area contributed by atoms with E-state index in [0.717, 1.165) is 55.6 Å². The van der Waals surface area contributed by atoms with Crippen LogP contribution in [0.5, 0.6) is 0 Å². The van der Waals surface area contributed by atoms with Gasteiger partial charge in [-0.25, -0.2) is 4.98 Å². The van der Waals surface area contributed by atoms with Crippen LogP contribution in [0.2, 0.25) is 0 Å². The van der Waals surface area contributed by atoms with Crippen LogP contribution in [0.3, 0.4) is 0 Å². The number of fused-ring (bicyclic) bond motifs is 1. The second kappa shape index (κ2) is 11.7. The van der Waals surface area contributed by atoms with Gasteiger partial charge in [0.05, 0.1) is 23.1 Å². The second-order valence-electron chi connectivity index (χ2n) is 11.4. The number of imidazole rings is 1. The van der Waals surface area contributed by atoms with Gasteiger partial charge in [0.25, 0.3) is 0 Å². The van der Waals surface area contributed by atoms with E-state index in [-0.39, 0.29) is 24.3 Å². The van der Waals surface area contributed by atoms with Gasteiger partial charge in [0.2, 0.25) is 0 Å². The number of Topliss-reactive ketones (excluding diaryl/α,β-unsaturated/α-hetero) is 1. The summed E-state index contributed by atoms with van der Waals surface area (Å²) < 4.78 is 13.9. The molecule has 1 aromatic carbocycles. The van der Waals surface area contributed by atoms with Crippen molar-refractivity contribution in [1.82, 2.24) is 9.55 Å². The van der Waals surface area contributed by atoms with Crippen LogP contribution in [0.1, 0.15) is 109 Å². The summed E-state index contributed by atoms with van der Waals surface area (Å²) in [6.45, 7) is 14.9. The van der Waals surface area contributed by atoms with E-state index in [2.05, 4.69) is 32.3 Å². The largest absolute Gasteiger partial charge is 0.460 e. The number of hydrogen-bond donors (Lipinski definition) is 0. The van der Waals surface area contributed by atoms with Crippen LogP contribution in [-0.2, 0) is 20.7 Å². The summed E-state index contributed by atoms with van der Waals surface area (Å²) >= 11 is 0. The Bertz CT molecular complexity index is 1010. The number of hydrogen-bond acceptors (Lipinski definition) is 5. The molecule has 2 atom stereocenters. The molecule has 1 aliphatic rings. The van der Waals surface area contributed by atoms with E-state index in [4.69, 9.17) is 14.5 Å². The van der Waals surface area contributed by atoms with Crippen molar-refractivity contribution < 1.29 is 19.1 Å². The first-order chi connectivity index (χ1) is 16.5. The van der Waals surface area contributed by atoms with Crippen molar-refractivity contribution in [2.45, 2.75) is 111 Å². The maximum absolute atomic E-state index is 13.3. The summed E-state index contributed by atoms with van der Waals surface area (Å²) in [5.41, 5.74) is 1.94. The molecule has 35 heavy (non-hydrogen) atoms. The van der Waals surface area contributed by atoms with Crippen molar-refractivity contribution in [3.63, 3.8) is 0 Å². The first-order valence-corrected chi connectivity index (χ1v) is 13.4. The van der Waals surface area contributed by atoms with Crippen LogP contribution in [0.15, 0.2) is 18.2 Å². The van der Waals surface area contributed by atoms with Gasteiger partial charge in [-0.2, -0.15) is 0 Å². The number of benzene rings is 1. The maximum Gasteiger partial charge on any atom is 0.309 e. The van der Waals surface area contributed by atoms with Gasteiger partial charge in [0, 0.05) is 31.1 Å². The van der Waals surface area contributed by atoms with E-state index >= 15 is 0 Å². The number of carbonyl (C=O) groups is 2. The minimum atomic E-state index is -0.574. The van der Waals surface area contributed by atoms with Gasteiger partial charge in [-0.1, -0.05) is 27.7 Å². The smallest absolute Gasteiger partial charge is 0.309 e. The van der Waals surface area contributed by atoms with E-state index < -0.39 is 11.5 Å². The molecule has 1 unspecified atom stereocenters. The Kier molecular flexibility index (Phi) is 9.14. The average Bonchev–Trinajstić information content (AvgIpc) is 3.40. The van der Waals surface area contributed by atoms with Gasteiger partial charge < -0.3 is 14.0 Å². The van der Waals surface area contributed by atoms with Crippen LogP contribution in [0.25, 0.3) is 11.0 Å². The zero-order valence-electron chi connectivity index (χ0n) is 22.7. The normalized spacial score (nSPS) is 17.5. The molecule has 1 saturated heterocycles. The summed E-state index contributed by atoms with van der Waals surface area (Å²) in [6, 6.07) is 6.18. The fourth-order valence-electron chi connectivity index (χ4n) is 5.09. The van der Waals surface area contributed by atoms with Crippen molar-refractivity contribution in [1.29, 1.82) is 0 Å². The van der Waals surface area contributed by atoms with Gasteiger partial charge in [0.1, 0.15) is 11.4 Å². The van der Waals surface area contributed by atoms with Crippen molar-refractivity contribution in [2.24, 2.45) is 11.8 Å². The summed E-state index contributed by atoms with van der Waals surface area (Å²) in [6.07, 6.45) is 5.99. The molecule has 2 aromatic rings. The molecule has 0 spiro atoms. The Hall–Kier alpha value is -2.21. The molecule has 6 nitrogen and oxygen atoms in total. The monoisotopic (exact) mass is 484 g/mol. The molecule has 0 bridgehead atoms. The molecular formula is C29H44N2O4. The lowest BCUT2D eigenvalue weighted by atomic mass is 9.90. The number of rotatable bonds is 11. The molecule has 194 valence electrons. The van der Waals surface area contributed by atoms with Crippen molar-refractivity contribution in [3.8, 4) is 0 Å². The number of nitrogens with zero attached hydrogens (tertiary/aromatic N) is 2. The van der Waals surface area contributed by atoms with E-state index in [1.807, 2.05) is 39.0 Å². The molecule has 0 amide bonds. The third kappa shape index (κ3) is 7.16. The van der Waals surface area contributed by atoms with Crippen molar-refractivity contribution in [3.05, 3.63) is 29.6 Å². The second-order valence-corrected chi connectivity index (χ2v) is 11.4. The average molecular weight is 485 g/mol. The Labute approximate surface area is 210 Å². The molecule has 1 fully saturated rings. The Balaban J connectivity index is 1.89. The molecule has 1 aromatic heterocycles. The van der Waals surface area contributed by atoms with Crippen LogP contribution in [-0.4, -0.2) is 39.6 Å². The van der Waals surface area contributed by atoms with Gasteiger partial charge in [0.15, 0.2) is 5.78 Å². The fourth-order valence-corrected chi connectivity index (χ4v) is 5.09. The van der Waals surface area contributed by atoms with Crippen LogP contribution < -0.4 is 0 Å². The molecule has 6 heteroatoms. The van der Waals surface area contributed by atoms with Crippen LogP contribution in [0.4, 0.5) is 0 Å². The molecule has 0 aliphatic carbocycles. The lowest BCUT2D eigenvalue weighted by Gasteiger charge is -2.24. The highest BCUT2D eigenvalue weighted by Gasteiger charge is 2.29. The molecule has 2 heterocycles. The zero-order valence-corrected chi connectivity index (χ0v) is 22.7. The number of aromatic nitrogens is 2. The van der Waals surface area contributed by atoms with Crippen LogP contribution >= 0.6 is 0 Å². The summed E-state index contributed by atoms with van der Waals surface area (Å²) in [4.78, 5) is 31.1. The highest BCUT2D eigenvalue weighted by atomic mass is 16.6. The van der Waals surface area contributed by atoms with Crippen LogP contribution in [0, 0.1) is 11.8 Å². The first kappa shape index (κ1) is 27.4. The minimum Gasteiger partial charge on any atom is -0.460 e. The third-order valence-corrected chi connectivity index (χ3v) is 6.75. The summed E-state index contributed by atoms with van der Waals surface area (Å²) in [5.74, 6) is 0.545. The standard InChI is InChI=1S/C29H44N2O4/c1-8-22(9-2)31-25-13-12-20(16-24(25)30-27(31)18-23-11-10-14-34-23)26(32)17-21(15-19(3)4)28(33)35-29(5,6)7/h12-13,16,19,21-23H,8-11,14-15,17-18H2,1-7H3/t21-,23?/m1/s1. The SMILES string of the molecule is CCC(CC)n1c(CC2CCCO2)nc2cc(C(=O)C[C@@H](CC(C)C)C(=O)OC(C)(C)C)ccc21. The molecule has 0 saturated carbocycles. The predicted molar refractivity (Wildman–Crippen MR) is 140 cm³/mol. The highest BCUT2D eigenvalue weighted by Crippen LogP contribution is 2.30. The number of carbonyl (C=O) groups excluding carboxylic acids is 2. The van der Waals surface area contributed by atoms with Crippen molar-refractivity contribution in [2.75, 3.05) is 6.61 Å². The Morgan fingerprint density at radius 2 is 1.91 bits per heavy atom. The van der Waals surface area contributed by atoms with Gasteiger partial charge in [-0.05, 0) is 77.0 Å². The summed E-state index contributed by atoms with van der Waals surface area (Å²) in [5, 5.41) is 0. The van der Waals surface area contributed by atoms with E-state index in [1.54, 1.807) is 0 Å². The van der Waals surface area contributed by atoms with Gasteiger partial charge >= 0.3 is 5.97 Å². The topological polar surface area (TPSA) is 70.4 Å². The first-order valence-electron chi connectivity index (χ1n) is 13.4. The van der Waals surface area contributed by atoms with E-state index in [9.17, 15) is 9.59 Å². The lowest BCUT2D eigenvalue weighted by Crippen LogP contribution is -2.30. The molecular weight excluding hydrogens is 440 g/mol. The van der Waals surface area contributed by atoms with E-state index in [1.165, 1.54) is 0 Å².